The number of halogens is 3. The van der Waals surface area contributed by atoms with E-state index in [0.717, 1.165) is 9.91 Å². The van der Waals surface area contributed by atoms with Crippen molar-refractivity contribution < 1.29 is 43.7 Å². The Kier molecular flexibility index (Phi) is 9.71. The van der Waals surface area contributed by atoms with Gasteiger partial charge in [-0.2, -0.15) is 5.01 Å². The van der Waals surface area contributed by atoms with E-state index in [2.05, 4.69) is 21.4 Å². The van der Waals surface area contributed by atoms with Gasteiger partial charge in [0.15, 0.2) is 11.5 Å². The van der Waals surface area contributed by atoms with Crippen molar-refractivity contribution in [1.82, 2.24) is 9.91 Å². The third kappa shape index (κ3) is 5.84. The van der Waals surface area contributed by atoms with Gasteiger partial charge >= 0.3 is 5.97 Å². The molecule has 0 radical (unpaired) electrons. The number of nitrogens with zero attached hydrogens (tertiary/aromatic N) is 2. The Morgan fingerprint density at radius 3 is 2.38 bits per heavy atom. The number of amides is 4. The number of hydrogen-bond acceptors (Lipinski definition) is 9. The lowest BCUT2D eigenvalue weighted by molar-refractivity contribution is -0.142. The predicted octanol–water partition coefficient (Wildman–Crippen LogP) is 6.33. The number of imide groups is 2. The minimum Gasteiger partial charge on any atom is -0.504 e. The van der Waals surface area contributed by atoms with E-state index in [-0.39, 0.29) is 60.0 Å². The fourth-order valence-electron chi connectivity index (χ4n) is 8.83. The quantitative estimate of drug-likeness (QED) is 0.156. The Morgan fingerprint density at radius 1 is 0.981 bits per heavy atom. The van der Waals surface area contributed by atoms with Crippen molar-refractivity contribution in [2.45, 2.75) is 37.0 Å². The van der Waals surface area contributed by atoms with E-state index in [4.69, 9.17) is 32.7 Å². The van der Waals surface area contributed by atoms with Crippen molar-refractivity contribution in [3.8, 4) is 17.2 Å². The average Bonchev–Trinajstić information content (AvgIpc) is 3.50. The molecule has 53 heavy (non-hydrogen) atoms. The smallest absolute Gasteiger partial charge is 0.303 e. The van der Waals surface area contributed by atoms with Gasteiger partial charge in [-0.15, -0.1) is 0 Å². The summed E-state index contributed by atoms with van der Waals surface area (Å²) in [6.45, 7) is -0.0533. The third-order valence-electron chi connectivity index (χ3n) is 11.0. The summed E-state index contributed by atoms with van der Waals surface area (Å²) in [6, 6.07) is 14.6. The molecule has 2 heterocycles. The molecule has 4 amide bonds. The van der Waals surface area contributed by atoms with Crippen LogP contribution in [0.2, 0.25) is 10.0 Å². The van der Waals surface area contributed by atoms with Crippen LogP contribution in [0.3, 0.4) is 0 Å². The number of carbonyl (C=O) groups is 5. The number of phenols is 1. The summed E-state index contributed by atoms with van der Waals surface area (Å²) in [4.78, 5) is 70.6. The number of fused-ring (bicyclic) bond motifs is 4. The van der Waals surface area contributed by atoms with Crippen LogP contribution in [-0.2, 0) is 29.4 Å². The molecule has 0 aromatic heterocycles. The van der Waals surface area contributed by atoms with Gasteiger partial charge in [-0.25, -0.2) is 0 Å². The van der Waals surface area contributed by atoms with E-state index < -0.39 is 64.6 Å². The molecular formula is C38H34BrCl2N3O9. The Bertz CT molecular complexity index is 2090. The van der Waals surface area contributed by atoms with E-state index in [9.17, 15) is 29.4 Å². The highest BCUT2D eigenvalue weighted by atomic mass is 79.9. The molecule has 12 nitrogen and oxygen atoms in total. The summed E-state index contributed by atoms with van der Waals surface area (Å²) in [5, 5.41) is 22.5. The molecule has 2 aliphatic carbocycles. The number of likely N-dealkylation sites (tertiary alicyclic amines) is 1. The van der Waals surface area contributed by atoms with Crippen molar-refractivity contribution >= 4 is 74.4 Å². The average molecular weight is 828 g/mol. The highest BCUT2D eigenvalue weighted by molar-refractivity contribution is 9.10. The number of nitrogens with one attached hydrogen (secondary N) is 1. The number of ether oxygens (including phenoxy) is 2. The number of benzene rings is 3. The maximum Gasteiger partial charge on any atom is 0.303 e. The molecule has 2 aliphatic heterocycles. The van der Waals surface area contributed by atoms with Crippen LogP contribution in [0.15, 0.2) is 70.7 Å². The van der Waals surface area contributed by atoms with Crippen molar-refractivity contribution in [2.24, 2.45) is 23.7 Å². The number of carboxylic acid groups (broad SMARTS) is 1. The molecule has 3 aromatic carbocycles. The van der Waals surface area contributed by atoms with Crippen molar-refractivity contribution in [2.75, 3.05) is 26.2 Å². The number of aliphatic carboxylic acids is 1. The van der Waals surface area contributed by atoms with Gasteiger partial charge in [0.25, 0.3) is 11.8 Å². The number of allylic oxidation sites excluding steroid dienone is 2. The number of anilines is 1. The van der Waals surface area contributed by atoms with Crippen molar-refractivity contribution in [3.63, 3.8) is 0 Å². The highest BCUT2D eigenvalue weighted by Gasteiger charge is 2.70. The highest BCUT2D eigenvalue weighted by Crippen LogP contribution is 2.65. The van der Waals surface area contributed by atoms with Gasteiger partial charge in [-0.1, -0.05) is 62.9 Å². The van der Waals surface area contributed by atoms with Crippen LogP contribution in [0.5, 0.6) is 17.2 Å². The Balaban J connectivity index is 1.45. The number of methoxy groups -OCH3 is 2. The van der Waals surface area contributed by atoms with Crippen LogP contribution in [0.4, 0.5) is 5.69 Å². The number of carbonyl (C=O) groups excluding carboxylic acids is 4. The fraction of sp³-hybridized carbons (Fsp3) is 0.342. The van der Waals surface area contributed by atoms with E-state index in [1.165, 1.54) is 20.3 Å². The number of hydrogen-bond donors (Lipinski definition) is 3. The number of aromatic hydroxyl groups is 1. The fourth-order valence-corrected chi connectivity index (χ4v) is 9.74. The second-order valence-corrected chi connectivity index (χ2v) is 15.3. The first kappa shape index (κ1) is 36.8. The standard InChI is InChI=1S/C38H34BrCl2N3O9/c1-52-21-8-5-18(6-9-21)38-26(35(49)44(37(38)51)42-28-12-7-20(40)16-27(28)41)17-24-22(32(38)25-14-19(39)15-29(53-2)33(25)47)10-11-23-31(24)36(50)43(34(23)48)13-3-4-30(45)46/h5-10,12,14-16,23-24,26,31-32,42,47H,3-4,11,13,17H2,1-2H3,(H,45,46)/t23-,24+,26-,31-,32+,38+/m0/s1. The molecule has 6 atom stereocenters. The SMILES string of the molecule is COc1ccc([C@@]23C(=O)N(Nc4ccc(Cl)cc4Cl)C(=O)[C@@H]2C[C@@H]2C(=CC[C@@H]4C(=O)N(CCCC(=O)O)C(=O)[C@@H]42)[C@@H]3c2cc(Br)cc(OC)c2O)cc1. The molecule has 3 N–H and O–H groups in total. The minimum atomic E-state index is -1.69. The first-order valence-corrected chi connectivity index (χ1v) is 18.5. The summed E-state index contributed by atoms with van der Waals surface area (Å²) in [6.07, 6.45) is 1.92. The van der Waals surface area contributed by atoms with Crippen LogP contribution in [0, 0.1) is 23.7 Å². The number of carboxylic acids is 1. The normalized spacial score (nSPS) is 26.2. The van der Waals surface area contributed by atoms with E-state index >= 15 is 4.79 Å². The largest absolute Gasteiger partial charge is 0.504 e. The van der Waals surface area contributed by atoms with Crippen LogP contribution in [0.1, 0.15) is 42.7 Å². The maximum atomic E-state index is 15.4. The van der Waals surface area contributed by atoms with Crippen LogP contribution < -0.4 is 14.9 Å². The molecule has 2 saturated heterocycles. The summed E-state index contributed by atoms with van der Waals surface area (Å²) in [7, 11) is 2.91. The Hall–Kier alpha value is -4.59. The second-order valence-electron chi connectivity index (χ2n) is 13.6. The molecular weight excluding hydrogens is 793 g/mol. The van der Waals surface area contributed by atoms with Crippen molar-refractivity contribution in [1.29, 1.82) is 0 Å². The molecule has 1 saturated carbocycles. The first-order chi connectivity index (χ1) is 25.3. The predicted molar refractivity (Wildman–Crippen MR) is 197 cm³/mol. The number of rotatable bonds is 10. The Labute approximate surface area is 322 Å². The molecule has 4 aliphatic rings. The van der Waals surface area contributed by atoms with Gasteiger partial charge in [0.2, 0.25) is 11.8 Å². The molecule has 276 valence electrons. The van der Waals surface area contributed by atoms with E-state index in [1.807, 2.05) is 6.08 Å². The van der Waals surface area contributed by atoms with Crippen LogP contribution >= 0.6 is 39.1 Å². The Morgan fingerprint density at radius 2 is 1.72 bits per heavy atom. The van der Waals surface area contributed by atoms with Gasteiger partial charge < -0.3 is 19.7 Å². The monoisotopic (exact) mass is 825 g/mol. The molecule has 0 unspecified atom stereocenters. The molecule has 7 rings (SSSR count). The summed E-state index contributed by atoms with van der Waals surface area (Å²) >= 11 is 16.2. The van der Waals surface area contributed by atoms with Gasteiger partial charge in [0, 0.05) is 33.9 Å². The van der Waals surface area contributed by atoms with Crippen molar-refractivity contribution in [3.05, 3.63) is 91.9 Å². The minimum absolute atomic E-state index is 0.0144. The lowest BCUT2D eigenvalue weighted by Gasteiger charge is -2.50. The zero-order chi connectivity index (χ0) is 37.9. The zero-order valence-corrected chi connectivity index (χ0v) is 31.6. The third-order valence-corrected chi connectivity index (χ3v) is 12.0. The molecule has 0 bridgehead atoms. The van der Waals surface area contributed by atoms with Gasteiger partial charge in [0.05, 0.1) is 48.1 Å². The molecule has 0 spiro atoms. The first-order valence-electron chi connectivity index (χ1n) is 16.9. The lowest BCUT2D eigenvalue weighted by Crippen LogP contribution is -2.53. The summed E-state index contributed by atoms with van der Waals surface area (Å²) in [5.41, 5.74) is 2.84. The van der Waals surface area contributed by atoms with E-state index in [0.29, 0.717) is 26.4 Å². The lowest BCUT2D eigenvalue weighted by atomic mass is 9.49. The van der Waals surface area contributed by atoms with Crippen LogP contribution in [0.25, 0.3) is 0 Å². The molecule has 3 fully saturated rings. The van der Waals surface area contributed by atoms with Gasteiger partial charge in [-0.3, -0.25) is 34.3 Å². The van der Waals surface area contributed by atoms with Gasteiger partial charge in [-0.05, 0) is 73.2 Å². The topological polar surface area (TPSA) is 163 Å². The molecule has 15 heteroatoms. The number of phenolic OH excluding ortho intramolecular Hbond substituents is 1. The second kappa shape index (κ2) is 14.0. The van der Waals surface area contributed by atoms with Crippen LogP contribution in [-0.4, -0.2) is 70.5 Å². The van der Waals surface area contributed by atoms with E-state index in [1.54, 1.807) is 48.5 Å². The molecule has 3 aromatic rings. The zero-order valence-electron chi connectivity index (χ0n) is 28.5. The summed E-state index contributed by atoms with van der Waals surface area (Å²) in [5.74, 6) is -7.21. The summed E-state index contributed by atoms with van der Waals surface area (Å²) < 4.78 is 11.5. The number of hydrazine groups is 1. The maximum absolute atomic E-state index is 15.4. The van der Waals surface area contributed by atoms with Gasteiger partial charge in [0.1, 0.15) is 5.75 Å².